The number of nitrogens with one attached hydrogen (secondary N) is 2. The average molecular weight is 557 g/mol. The van der Waals surface area contributed by atoms with Crippen LogP contribution in [0.15, 0.2) is 78.9 Å². The Balaban J connectivity index is 1.16. The lowest BCUT2D eigenvalue weighted by Crippen LogP contribution is -2.53. The zero-order valence-corrected chi connectivity index (χ0v) is 23.1. The molecule has 3 N–H and O–H groups in total. The first-order valence-corrected chi connectivity index (χ1v) is 14.2. The van der Waals surface area contributed by atoms with Crippen molar-refractivity contribution in [2.75, 3.05) is 13.2 Å². The molecule has 1 unspecified atom stereocenters. The quantitative estimate of drug-likeness (QED) is 0.286. The van der Waals surface area contributed by atoms with E-state index in [-0.39, 0.29) is 31.6 Å². The van der Waals surface area contributed by atoms with Gasteiger partial charge in [0.1, 0.15) is 6.61 Å². The van der Waals surface area contributed by atoms with E-state index >= 15 is 0 Å². The monoisotopic (exact) mass is 556 g/mol. The fourth-order valence-corrected chi connectivity index (χ4v) is 5.70. The maximum Gasteiger partial charge on any atom is 0.407 e. The minimum absolute atomic E-state index is 0.0624. The maximum absolute atomic E-state index is 13.3. The summed E-state index contributed by atoms with van der Waals surface area (Å²) in [4.78, 5) is 38.1. The van der Waals surface area contributed by atoms with Crippen molar-refractivity contribution in [3.8, 4) is 11.1 Å². The first kappa shape index (κ1) is 28.4. The molecule has 8 nitrogen and oxygen atoms in total. The number of alkyl carbamates (subject to hydrolysis) is 1. The van der Waals surface area contributed by atoms with Gasteiger partial charge < -0.3 is 25.2 Å². The van der Waals surface area contributed by atoms with Gasteiger partial charge in [0, 0.05) is 12.5 Å². The van der Waals surface area contributed by atoms with Gasteiger partial charge >= 0.3 is 12.1 Å². The van der Waals surface area contributed by atoms with Gasteiger partial charge in [-0.05, 0) is 53.5 Å². The minimum Gasteiger partial charge on any atom is -0.480 e. The van der Waals surface area contributed by atoms with Gasteiger partial charge in [0.25, 0.3) is 0 Å². The Bertz CT molecular complexity index is 1330. The second kappa shape index (κ2) is 13.0. The average Bonchev–Trinajstić information content (AvgIpc) is 3.28. The molecule has 3 atom stereocenters. The third kappa shape index (κ3) is 6.60. The zero-order valence-electron chi connectivity index (χ0n) is 23.1. The van der Waals surface area contributed by atoms with Gasteiger partial charge in [0.05, 0.1) is 18.6 Å². The Morgan fingerprint density at radius 2 is 1.51 bits per heavy atom. The maximum atomic E-state index is 13.3. The molecule has 5 rings (SSSR count). The number of carboxylic acids is 1. The number of ether oxygens (including phenoxy) is 2. The molecule has 0 radical (unpaired) electrons. The molecular formula is C33H36N2O6. The third-order valence-corrected chi connectivity index (χ3v) is 8.25. The normalized spacial score (nSPS) is 16.4. The molecule has 214 valence electrons. The first-order chi connectivity index (χ1) is 19.9. The molecule has 2 aliphatic carbocycles. The van der Waals surface area contributed by atoms with Gasteiger partial charge in [-0.1, -0.05) is 85.3 Å². The van der Waals surface area contributed by atoms with E-state index in [1.165, 1.54) is 0 Å². The van der Waals surface area contributed by atoms with Crippen molar-refractivity contribution in [2.45, 2.75) is 50.9 Å². The van der Waals surface area contributed by atoms with Crippen LogP contribution in [0.3, 0.4) is 0 Å². The zero-order chi connectivity index (χ0) is 28.8. The van der Waals surface area contributed by atoms with Crippen molar-refractivity contribution in [3.05, 3.63) is 95.6 Å². The van der Waals surface area contributed by atoms with Gasteiger partial charge in [0.2, 0.25) is 5.91 Å². The molecule has 3 aromatic carbocycles. The van der Waals surface area contributed by atoms with Crippen molar-refractivity contribution in [1.29, 1.82) is 0 Å². The number of carbonyl (C=O) groups is 3. The Kier molecular flexibility index (Phi) is 8.99. The number of rotatable bonds is 12. The van der Waals surface area contributed by atoms with Crippen molar-refractivity contribution < 1.29 is 29.0 Å². The standard InChI is InChI=1S/C33H36N2O6/c1-21(40-19-22-10-3-2-4-11-22)30(32(37)38)35-31(36)28(23-12-9-13-23)18-34-33(39)41-20-29-26-16-7-5-14-24(26)25-15-6-8-17-27(25)29/h2-8,10-11,14-17,21,23,28-30H,9,12-13,18-20H2,1H3,(H,34,39)(H,35,36)(H,37,38)/t21-,28?,30+/m0/s1. The Labute approximate surface area is 240 Å². The molecule has 0 heterocycles. The molecular weight excluding hydrogens is 520 g/mol. The van der Waals surface area contributed by atoms with E-state index in [0.29, 0.717) is 0 Å². The van der Waals surface area contributed by atoms with Crippen LogP contribution in [-0.4, -0.2) is 48.4 Å². The second-order valence-corrected chi connectivity index (χ2v) is 10.8. The van der Waals surface area contributed by atoms with Gasteiger partial charge in [-0.3, -0.25) is 4.79 Å². The summed E-state index contributed by atoms with van der Waals surface area (Å²) in [5, 5.41) is 15.3. The molecule has 1 fully saturated rings. The number of hydrogen-bond donors (Lipinski definition) is 3. The first-order valence-electron chi connectivity index (χ1n) is 14.2. The van der Waals surface area contributed by atoms with Gasteiger partial charge in [-0.15, -0.1) is 0 Å². The van der Waals surface area contributed by atoms with Crippen molar-refractivity contribution in [1.82, 2.24) is 10.6 Å². The summed E-state index contributed by atoms with van der Waals surface area (Å²) < 4.78 is 11.4. The lowest BCUT2D eigenvalue weighted by Gasteiger charge is -2.34. The number of amides is 2. The highest BCUT2D eigenvalue weighted by Crippen LogP contribution is 2.44. The summed E-state index contributed by atoms with van der Waals surface area (Å²) in [7, 11) is 0. The largest absolute Gasteiger partial charge is 0.480 e. The van der Waals surface area contributed by atoms with E-state index in [1.54, 1.807) is 6.92 Å². The Morgan fingerprint density at radius 3 is 2.10 bits per heavy atom. The van der Waals surface area contributed by atoms with Crippen LogP contribution in [0.25, 0.3) is 11.1 Å². The predicted octanol–water partition coefficient (Wildman–Crippen LogP) is 5.12. The number of benzene rings is 3. The highest BCUT2D eigenvalue weighted by atomic mass is 16.5. The van der Waals surface area contributed by atoms with Crippen LogP contribution >= 0.6 is 0 Å². The van der Waals surface area contributed by atoms with Crippen LogP contribution in [0.1, 0.15) is 48.8 Å². The SMILES string of the molecule is C[C@H](OCc1ccccc1)[C@@H](NC(=O)C(CNC(=O)OCC1c2ccccc2-c2ccccc21)C1CCC1)C(=O)O. The molecule has 0 aromatic heterocycles. The molecule has 1 saturated carbocycles. The number of hydrogen-bond acceptors (Lipinski definition) is 5. The summed E-state index contributed by atoms with van der Waals surface area (Å²) in [5.41, 5.74) is 5.45. The van der Waals surface area contributed by atoms with Gasteiger partial charge in [-0.2, -0.15) is 0 Å². The molecule has 0 bridgehead atoms. The van der Waals surface area contributed by atoms with Crippen LogP contribution in [0.4, 0.5) is 4.79 Å². The lowest BCUT2D eigenvalue weighted by atomic mass is 9.75. The van der Waals surface area contributed by atoms with E-state index in [4.69, 9.17) is 9.47 Å². The topological polar surface area (TPSA) is 114 Å². The summed E-state index contributed by atoms with van der Waals surface area (Å²) in [6.07, 6.45) is 1.34. The van der Waals surface area contributed by atoms with E-state index < -0.39 is 36.0 Å². The van der Waals surface area contributed by atoms with Crippen LogP contribution in [0.5, 0.6) is 0 Å². The fourth-order valence-electron chi connectivity index (χ4n) is 5.70. The van der Waals surface area contributed by atoms with Crippen LogP contribution in [0, 0.1) is 11.8 Å². The van der Waals surface area contributed by atoms with Gasteiger partial charge in [-0.25, -0.2) is 9.59 Å². The van der Waals surface area contributed by atoms with E-state index in [0.717, 1.165) is 47.1 Å². The van der Waals surface area contributed by atoms with Crippen LogP contribution in [0.2, 0.25) is 0 Å². The van der Waals surface area contributed by atoms with Crippen molar-refractivity contribution in [2.24, 2.45) is 11.8 Å². The lowest BCUT2D eigenvalue weighted by molar-refractivity contribution is -0.147. The van der Waals surface area contributed by atoms with Crippen molar-refractivity contribution >= 4 is 18.0 Å². The molecule has 2 aliphatic rings. The van der Waals surface area contributed by atoms with Crippen LogP contribution in [-0.2, 0) is 25.7 Å². The molecule has 2 amide bonds. The van der Waals surface area contributed by atoms with E-state index in [1.807, 2.05) is 54.6 Å². The summed E-state index contributed by atoms with van der Waals surface area (Å²) in [6, 6.07) is 24.5. The number of carboxylic acid groups (broad SMARTS) is 1. The molecule has 3 aromatic rings. The summed E-state index contributed by atoms with van der Waals surface area (Å²) >= 11 is 0. The molecule has 41 heavy (non-hydrogen) atoms. The van der Waals surface area contributed by atoms with E-state index in [2.05, 4.69) is 34.9 Å². The number of fused-ring (bicyclic) bond motifs is 3. The van der Waals surface area contributed by atoms with Crippen molar-refractivity contribution in [3.63, 3.8) is 0 Å². The number of carbonyl (C=O) groups excluding carboxylic acids is 2. The fraction of sp³-hybridized carbons (Fsp3) is 0.364. The second-order valence-electron chi connectivity index (χ2n) is 10.8. The molecule has 0 spiro atoms. The summed E-state index contributed by atoms with van der Waals surface area (Å²) in [6.45, 7) is 2.11. The summed E-state index contributed by atoms with van der Waals surface area (Å²) in [5.74, 6) is -2.13. The molecule has 0 saturated heterocycles. The minimum atomic E-state index is -1.22. The molecule has 8 heteroatoms. The van der Waals surface area contributed by atoms with Crippen LogP contribution < -0.4 is 10.6 Å². The molecule has 0 aliphatic heterocycles. The predicted molar refractivity (Wildman–Crippen MR) is 154 cm³/mol. The number of aliphatic carboxylic acids is 1. The van der Waals surface area contributed by atoms with Gasteiger partial charge in [0.15, 0.2) is 6.04 Å². The highest BCUT2D eigenvalue weighted by molar-refractivity contribution is 5.86. The third-order valence-electron chi connectivity index (χ3n) is 8.25. The Hall–Kier alpha value is -4.17. The smallest absolute Gasteiger partial charge is 0.407 e. The highest BCUT2D eigenvalue weighted by Gasteiger charge is 2.37. The van der Waals surface area contributed by atoms with E-state index in [9.17, 15) is 19.5 Å². The Morgan fingerprint density at radius 1 is 0.902 bits per heavy atom.